The van der Waals surface area contributed by atoms with Gasteiger partial charge in [-0.15, -0.1) is 0 Å². The van der Waals surface area contributed by atoms with Crippen molar-refractivity contribution in [2.24, 2.45) is 0 Å². The number of carboxylic acids is 6. The zero-order valence-corrected chi connectivity index (χ0v) is 38.0. The van der Waals surface area contributed by atoms with Crippen LogP contribution in [0, 0.1) is 40.4 Å². The quantitative estimate of drug-likeness (QED) is 0.125. The molecule has 0 amide bonds. The maximum atomic E-state index is 9.62. The molecule has 0 aliphatic carbocycles. The van der Waals surface area contributed by atoms with E-state index in [4.69, 9.17) is 239 Å². The minimum absolute atomic E-state index is 0. The average Bonchev–Trinajstić information content (AvgIpc) is 2.65. The van der Waals surface area contributed by atoms with Gasteiger partial charge >= 0.3 is 35.8 Å². The van der Waals surface area contributed by atoms with Crippen molar-refractivity contribution in [3.63, 3.8) is 0 Å². The Kier molecular flexibility index (Phi) is 45.5. The summed E-state index contributed by atoms with van der Waals surface area (Å²) in [5, 5.41) is 47.1. The van der Waals surface area contributed by atoms with Gasteiger partial charge in [0.25, 0.3) is 22.8 Å². The fraction of sp³-hybridized carbons (Fsp3) is 0.500. The van der Waals surface area contributed by atoms with Crippen LogP contribution in [0.5, 0.6) is 0 Å². The zero-order valence-electron chi connectivity index (χ0n) is 18.9. The molecule has 0 heterocycles. The van der Waals surface area contributed by atoms with Crippen molar-refractivity contribution >= 4 is 245 Å². The monoisotopic (exact) mass is 1210 g/mol. The summed E-state index contributed by atoms with van der Waals surface area (Å²) in [5.74, 6) is -8.76. The molecule has 0 saturated carbocycles. The smallest absolute Gasteiger partial charge is 0.356 e. The molecule has 6 N–H and O–H groups in total. The standard InChI is InChI=1S/6C2HCl3O2.Sm.Y/c6*3-2(4,5)1(6)7;;/h6*(H,6,7);;. The van der Waals surface area contributed by atoms with Crippen LogP contribution in [0.25, 0.3) is 0 Å². The molecule has 12 nitrogen and oxygen atoms in total. The molecule has 0 atom stereocenters. The molecule has 0 aromatic heterocycles. The van der Waals surface area contributed by atoms with Gasteiger partial charge in [0.05, 0.1) is 0 Å². The average molecular weight is 1220 g/mol. The zero-order chi connectivity index (χ0) is 36.5. The van der Waals surface area contributed by atoms with Crippen LogP contribution in [0.1, 0.15) is 0 Å². The topological polar surface area (TPSA) is 224 Å². The van der Waals surface area contributed by atoms with Gasteiger partial charge in [0.1, 0.15) is 0 Å². The Morgan fingerprint density at radius 3 is 0.295 bits per heavy atom. The summed E-state index contributed by atoms with van der Waals surface area (Å²) >= 11 is 86.4. The van der Waals surface area contributed by atoms with Gasteiger partial charge in [-0.05, 0) is 0 Å². The predicted molar refractivity (Wildman–Crippen MR) is 168 cm³/mol. The maximum Gasteiger partial charge on any atom is 0.356 e. The molecule has 1 radical (unpaired) electrons. The van der Waals surface area contributed by atoms with Gasteiger partial charge in [0, 0.05) is 73.1 Å². The molecule has 0 aliphatic heterocycles. The van der Waals surface area contributed by atoms with Crippen LogP contribution in [0.3, 0.4) is 0 Å². The number of hydrogen-bond donors (Lipinski definition) is 6. The third kappa shape index (κ3) is 58.7. The molecule has 0 saturated heterocycles. The van der Waals surface area contributed by atoms with Crippen molar-refractivity contribution in [1.82, 2.24) is 0 Å². The summed E-state index contributed by atoms with van der Waals surface area (Å²) < 4.78 is -13.0. The van der Waals surface area contributed by atoms with Gasteiger partial charge in [-0.1, -0.05) is 209 Å². The molecule has 0 rings (SSSR count). The van der Waals surface area contributed by atoms with Crippen molar-refractivity contribution in [3.8, 4) is 0 Å². The molecule has 0 aromatic carbocycles. The Morgan fingerprint density at radius 1 is 0.273 bits per heavy atom. The van der Waals surface area contributed by atoms with Gasteiger partial charge in [-0.2, -0.15) is 0 Å². The Balaban J connectivity index is -0.0000000584. The first-order valence-corrected chi connectivity index (χ1v) is 14.3. The third-order valence-corrected chi connectivity index (χ3v) is 4.37. The number of halogens is 18. The molecular weight excluding hydrogens is 1210 g/mol. The van der Waals surface area contributed by atoms with E-state index in [0.717, 1.165) is 0 Å². The molecule has 0 spiro atoms. The molecule has 0 aliphatic rings. The fourth-order valence-electron chi connectivity index (χ4n) is 0. The summed E-state index contributed by atoms with van der Waals surface area (Å²) in [7, 11) is 0. The summed E-state index contributed by atoms with van der Waals surface area (Å²) in [5.41, 5.74) is 0. The molecule has 32 heteroatoms. The van der Waals surface area contributed by atoms with E-state index in [0.29, 0.717) is 0 Å². The van der Waals surface area contributed by atoms with Crippen LogP contribution in [-0.4, -0.2) is 89.2 Å². The number of aliphatic carboxylic acids is 6. The number of hydrogen-bond acceptors (Lipinski definition) is 6. The van der Waals surface area contributed by atoms with Crippen LogP contribution >= 0.6 is 209 Å². The second-order valence-electron chi connectivity index (χ2n) is 4.82. The SMILES string of the molecule is O=C(O)C(Cl)(Cl)Cl.O=C(O)C(Cl)(Cl)Cl.O=C(O)C(Cl)(Cl)Cl.O=C(O)C(Cl)(Cl)Cl.O=C(O)C(Cl)(Cl)Cl.O=C(O)C(Cl)(Cl)Cl.[Sm].[Y]. The molecular formula is C12H6Cl18O12SmY. The van der Waals surface area contributed by atoms with Crippen molar-refractivity contribution < 1.29 is 133 Å². The first kappa shape index (κ1) is 66.7. The van der Waals surface area contributed by atoms with Gasteiger partial charge in [-0.25, -0.2) is 28.8 Å². The van der Waals surface area contributed by atoms with E-state index in [2.05, 4.69) is 0 Å². The Bertz CT molecular complexity index is 700. The van der Waals surface area contributed by atoms with E-state index in [1.807, 2.05) is 0 Å². The van der Waals surface area contributed by atoms with Gasteiger partial charge in [-0.3, -0.25) is 0 Å². The molecule has 0 unspecified atom stereocenters. The molecule has 0 bridgehead atoms. The Hall–Kier alpha value is 4.48. The maximum absolute atomic E-state index is 9.62. The van der Waals surface area contributed by atoms with E-state index in [1.165, 1.54) is 0 Å². The van der Waals surface area contributed by atoms with Gasteiger partial charge in [0.2, 0.25) is 0 Å². The van der Waals surface area contributed by atoms with Crippen molar-refractivity contribution in [2.45, 2.75) is 22.8 Å². The number of carbonyl (C=O) groups is 6. The number of rotatable bonds is 0. The Morgan fingerprint density at radius 2 is 0.295 bits per heavy atom. The van der Waals surface area contributed by atoms with Crippen molar-refractivity contribution in [1.29, 1.82) is 0 Å². The van der Waals surface area contributed by atoms with Crippen LogP contribution in [-0.2, 0) is 61.5 Å². The molecule has 44 heavy (non-hydrogen) atoms. The van der Waals surface area contributed by atoms with Crippen molar-refractivity contribution in [2.75, 3.05) is 0 Å². The second kappa shape index (κ2) is 30.0. The summed E-state index contributed by atoms with van der Waals surface area (Å²) in [6, 6.07) is 0. The van der Waals surface area contributed by atoms with Gasteiger partial charge in [0.15, 0.2) is 0 Å². The van der Waals surface area contributed by atoms with E-state index in [-0.39, 0.29) is 73.1 Å². The third-order valence-electron chi connectivity index (χ3n) is 1.46. The molecule has 0 fully saturated rings. The Labute approximate surface area is 393 Å². The van der Waals surface area contributed by atoms with Crippen LogP contribution in [0.2, 0.25) is 0 Å². The first-order chi connectivity index (χ1) is 17.7. The predicted octanol–water partition coefficient (Wildman–Crippen LogP) is 8.64. The minimum atomic E-state index is -2.17. The number of alkyl halides is 18. The van der Waals surface area contributed by atoms with E-state index in [9.17, 15) is 28.8 Å². The van der Waals surface area contributed by atoms with E-state index >= 15 is 0 Å². The van der Waals surface area contributed by atoms with E-state index < -0.39 is 58.6 Å². The van der Waals surface area contributed by atoms with E-state index in [1.54, 1.807) is 0 Å². The number of carboxylic acid groups (broad SMARTS) is 6. The summed E-state index contributed by atoms with van der Waals surface area (Å²) in [4.78, 5) is 57.8. The van der Waals surface area contributed by atoms with Crippen LogP contribution < -0.4 is 0 Å². The van der Waals surface area contributed by atoms with Crippen LogP contribution in [0.4, 0.5) is 0 Å². The largest absolute Gasteiger partial charge is 0.478 e. The summed E-state index contributed by atoms with van der Waals surface area (Å²) in [6.45, 7) is 0. The fourth-order valence-corrected chi connectivity index (χ4v) is 0. The van der Waals surface area contributed by atoms with Crippen molar-refractivity contribution in [3.05, 3.63) is 0 Å². The summed E-state index contributed by atoms with van der Waals surface area (Å²) in [6.07, 6.45) is 0. The molecule has 0 aromatic rings. The second-order valence-corrected chi connectivity index (χ2v) is 18.5. The van der Waals surface area contributed by atoms with Crippen LogP contribution in [0.15, 0.2) is 0 Å². The van der Waals surface area contributed by atoms with Gasteiger partial charge < -0.3 is 30.6 Å². The first-order valence-electron chi connectivity index (χ1n) is 7.47. The molecule has 261 valence electrons. The normalized spacial score (nSPS) is 10.8. The minimum Gasteiger partial charge on any atom is -0.478 e.